The van der Waals surface area contributed by atoms with Gasteiger partial charge in [0.05, 0.1) is 22.3 Å². The van der Waals surface area contributed by atoms with Gasteiger partial charge in [-0.15, -0.1) is 29.3 Å². The number of aromatic nitrogens is 3. The first-order valence-corrected chi connectivity index (χ1v) is 24.3. The van der Waals surface area contributed by atoms with Crippen LogP contribution in [0.2, 0.25) is 0 Å². The summed E-state index contributed by atoms with van der Waals surface area (Å²) in [5.74, 6) is 0.779. The van der Waals surface area contributed by atoms with Crippen molar-refractivity contribution in [3.63, 3.8) is 0 Å². The van der Waals surface area contributed by atoms with Crippen LogP contribution in [0.5, 0.6) is 5.75 Å². The number of aromatic hydroxyl groups is 1. The number of pyridine rings is 1. The summed E-state index contributed by atoms with van der Waals surface area (Å²) in [6.45, 7) is 21.0. The number of benzene rings is 7. The molecule has 0 saturated carbocycles. The molecule has 0 radical (unpaired) electrons. The van der Waals surface area contributed by atoms with Gasteiger partial charge in [-0.1, -0.05) is 197 Å². The normalized spacial score (nSPS) is 13.9. The first-order chi connectivity index (χ1) is 35.4. The van der Waals surface area contributed by atoms with Gasteiger partial charge in [-0.3, -0.25) is 9.55 Å². The fraction of sp³-hybridized carbons (Fsp3) is 0.273. The Hall–Kier alpha value is -6.35. The van der Waals surface area contributed by atoms with Crippen LogP contribution in [0.3, 0.4) is 0 Å². The van der Waals surface area contributed by atoms with E-state index in [9.17, 15) is 5.11 Å². The fourth-order valence-electron chi connectivity index (χ4n) is 9.32. The van der Waals surface area contributed by atoms with Crippen molar-refractivity contribution in [3.8, 4) is 78.6 Å². The number of phenolic OH excluding ortho intramolecular Hbond substituents is 1. The van der Waals surface area contributed by atoms with E-state index in [0.717, 1.165) is 50.1 Å². The molecule has 0 spiro atoms. The number of imidazole rings is 1. The SMILES string of the molecule is [2H]C([2H])([2H])c1cc(-c2ccnc(-c3[c-]c(-c4cccc5c4nc(-c4cc(C(C)(C)C)cc(C(C)(C)C)c4O)n5-c4ccc(C(C)(C)C)cc4-c4ccccc4)cc(C(C)(C)C)c3)c2)c(C([2H])([2H])[2H])cc1-c1ccccc1.[Pt]. The van der Waals surface area contributed by atoms with Gasteiger partial charge in [-0.25, -0.2) is 4.98 Å². The maximum atomic E-state index is 12.6. The van der Waals surface area contributed by atoms with Crippen LogP contribution in [0.15, 0.2) is 152 Å². The third-order valence-corrected chi connectivity index (χ3v) is 13.5. The van der Waals surface area contributed by atoms with E-state index in [-0.39, 0.29) is 54.2 Å². The van der Waals surface area contributed by atoms with Crippen LogP contribution in [0.4, 0.5) is 0 Å². The van der Waals surface area contributed by atoms with Crippen LogP contribution >= 0.6 is 0 Å². The van der Waals surface area contributed by atoms with Crippen LogP contribution in [0, 0.1) is 19.8 Å². The zero-order chi connectivity index (χ0) is 55.1. The minimum absolute atomic E-state index is 0. The van der Waals surface area contributed by atoms with Gasteiger partial charge < -0.3 is 5.11 Å². The van der Waals surface area contributed by atoms with E-state index in [1.54, 1.807) is 24.4 Å². The molecule has 0 amide bonds. The number of fused-ring (bicyclic) bond motifs is 1. The number of aryl methyl sites for hydroxylation is 2. The van der Waals surface area contributed by atoms with E-state index in [1.165, 1.54) is 17.7 Å². The Balaban J connectivity index is 0.00000784. The Morgan fingerprint density at radius 1 is 0.493 bits per heavy atom. The maximum absolute atomic E-state index is 12.6. The number of phenols is 1. The predicted octanol–water partition coefficient (Wildman–Crippen LogP) is 17.7. The average molecular weight is 1120 g/mol. The number of hydrogen-bond donors (Lipinski definition) is 1. The van der Waals surface area contributed by atoms with E-state index in [2.05, 4.69) is 173 Å². The molecule has 7 aromatic carbocycles. The summed E-state index contributed by atoms with van der Waals surface area (Å²) in [5, 5.41) is 12.6. The molecule has 9 rings (SSSR count). The molecular weight excluding hydrogens is 1050 g/mol. The smallest absolute Gasteiger partial charge is 0.148 e. The fourth-order valence-corrected chi connectivity index (χ4v) is 9.32. The summed E-state index contributed by atoms with van der Waals surface area (Å²) in [4.78, 5) is 10.5. The molecule has 0 saturated heterocycles. The molecule has 0 aliphatic heterocycles. The van der Waals surface area contributed by atoms with Gasteiger partial charge in [0.15, 0.2) is 0 Å². The molecule has 2 aromatic heterocycles. The van der Waals surface area contributed by atoms with E-state index < -0.39 is 19.1 Å². The van der Waals surface area contributed by atoms with Crippen molar-refractivity contribution in [2.75, 3.05) is 0 Å². The average Bonchev–Trinajstić information content (AvgIpc) is 3.75. The standard InChI is InChI=1S/C66H68N3O.Pt/c1-41-33-53(42(2)32-52(41)43-22-17-15-18-23-43)45-30-31-67-57(37-45)47-34-46(35-49(36-47)64(6,7)8)51-26-21-27-59-60(51)68-62(55-39-50(65(9,10)11)40-56(61(55)70)66(12,13)14)69(59)58-29-28-48(63(3,4)5)38-54(58)44-24-19-16-20-25-44;/h15-33,35-40,70H,1-14H3;/q-1;/i1D3,2D3;. The molecular formula is C66H68N3OPt-. The zero-order valence-electron chi connectivity index (χ0n) is 49.0. The molecule has 2 heterocycles. The molecule has 0 unspecified atom stereocenters. The Bertz CT molecular complexity index is 3660. The summed E-state index contributed by atoms with van der Waals surface area (Å²) in [6, 6.07) is 51.2. The molecule has 5 heteroatoms. The van der Waals surface area contributed by atoms with Gasteiger partial charge in [-0.2, -0.15) is 0 Å². The van der Waals surface area contributed by atoms with Crippen molar-refractivity contribution in [2.45, 2.75) is 118 Å². The van der Waals surface area contributed by atoms with Crippen molar-refractivity contribution < 1.29 is 34.4 Å². The minimum atomic E-state index is -2.57. The Labute approximate surface area is 446 Å². The van der Waals surface area contributed by atoms with Gasteiger partial charge in [0.25, 0.3) is 0 Å². The number of nitrogens with zero attached hydrogens (tertiary/aromatic N) is 3. The third kappa shape index (κ3) is 10.1. The number of para-hydroxylation sites is 1. The van der Waals surface area contributed by atoms with Crippen LogP contribution in [0.1, 0.15) is 125 Å². The van der Waals surface area contributed by atoms with Crippen molar-refractivity contribution in [1.82, 2.24) is 14.5 Å². The molecule has 0 aliphatic rings. The Morgan fingerprint density at radius 2 is 1.06 bits per heavy atom. The Morgan fingerprint density at radius 3 is 1.65 bits per heavy atom. The second-order valence-electron chi connectivity index (χ2n) is 22.9. The van der Waals surface area contributed by atoms with Crippen molar-refractivity contribution in [2.24, 2.45) is 0 Å². The first-order valence-electron chi connectivity index (χ1n) is 27.3. The molecule has 4 nitrogen and oxygen atoms in total. The second-order valence-corrected chi connectivity index (χ2v) is 22.9. The van der Waals surface area contributed by atoms with Crippen LogP contribution in [0.25, 0.3) is 83.9 Å². The summed E-state index contributed by atoms with van der Waals surface area (Å²) >= 11 is 0. The van der Waals surface area contributed by atoms with Gasteiger partial charge in [0, 0.05) is 52.3 Å². The predicted molar refractivity (Wildman–Crippen MR) is 296 cm³/mol. The summed E-state index contributed by atoms with van der Waals surface area (Å²) in [6.07, 6.45) is 1.64. The summed E-state index contributed by atoms with van der Waals surface area (Å²) in [5.41, 5.74) is 12.8. The van der Waals surface area contributed by atoms with E-state index in [4.69, 9.17) is 18.2 Å². The van der Waals surface area contributed by atoms with Crippen LogP contribution in [-0.4, -0.2) is 19.6 Å². The van der Waals surface area contributed by atoms with E-state index >= 15 is 0 Å². The van der Waals surface area contributed by atoms with Gasteiger partial charge in [-0.05, 0) is 116 Å². The molecule has 0 bridgehead atoms. The third-order valence-electron chi connectivity index (χ3n) is 13.5. The molecule has 1 N–H and O–H groups in total. The molecule has 71 heavy (non-hydrogen) atoms. The molecule has 9 aromatic rings. The quantitative estimate of drug-likeness (QED) is 0.162. The van der Waals surface area contributed by atoms with Crippen LogP contribution < -0.4 is 0 Å². The molecule has 364 valence electrons. The molecule has 0 aliphatic carbocycles. The number of hydrogen-bond acceptors (Lipinski definition) is 3. The summed E-state index contributed by atoms with van der Waals surface area (Å²) < 4.78 is 54.1. The van der Waals surface area contributed by atoms with Gasteiger partial charge >= 0.3 is 0 Å². The summed E-state index contributed by atoms with van der Waals surface area (Å²) in [7, 11) is 0. The second kappa shape index (κ2) is 19.0. The van der Waals surface area contributed by atoms with Gasteiger partial charge in [0.1, 0.15) is 11.6 Å². The maximum Gasteiger partial charge on any atom is 0.148 e. The van der Waals surface area contributed by atoms with Crippen molar-refractivity contribution in [1.29, 1.82) is 0 Å². The number of rotatable bonds is 7. The topological polar surface area (TPSA) is 50.9 Å². The molecule has 0 fully saturated rings. The van der Waals surface area contributed by atoms with Crippen molar-refractivity contribution >= 4 is 11.0 Å². The van der Waals surface area contributed by atoms with E-state index in [0.29, 0.717) is 50.4 Å². The molecule has 0 atom stereocenters. The Kier molecular flexibility index (Phi) is 11.6. The van der Waals surface area contributed by atoms with E-state index in [1.807, 2.05) is 36.4 Å². The van der Waals surface area contributed by atoms with Gasteiger partial charge in [0.2, 0.25) is 0 Å². The minimum Gasteiger partial charge on any atom is -0.507 e. The van der Waals surface area contributed by atoms with Crippen LogP contribution in [-0.2, 0) is 42.7 Å². The monoisotopic (exact) mass is 1120 g/mol. The zero-order valence-corrected chi connectivity index (χ0v) is 45.3. The first kappa shape index (κ1) is 43.4. The largest absolute Gasteiger partial charge is 0.507 e. The van der Waals surface area contributed by atoms with Crippen molar-refractivity contribution in [3.05, 3.63) is 191 Å².